The Bertz CT molecular complexity index is 1750. The van der Waals surface area contributed by atoms with E-state index in [0.717, 1.165) is 12.6 Å². The SMILES string of the molecule is CC(C)(C)c1cc(C[C@H]2c3ccc4ccccc4c3-c3c(ccc4ccccc34)CP2C(C)(C)C)cc(C(C)(C)C)c1. The van der Waals surface area contributed by atoms with Crippen molar-refractivity contribution in [3.8, 4) is 11.1 Å². The Morgan fingerprint density at radius 3 is 1.67 bits per heavy atom. The van der Waals surface area contributed by atoms with Crippen molar-refractivity contribution in [1.82, 2.24) is 0 Å². The van der Waals surface area contributed by atoms with Gasteiger partial charge >= 0.3 is 0 Å². The molecule has 0 bridgehead atoms. The van der Waals surface area contributed by atoms with Crippen LogP contribution in [-0.4, -0.2) is 5.16 Å². The van der Waals surface area contributed by atoms with Gasteiger partial charge in [0.15, 0.2) is 0 Å². The van der Waals surface area contributed by atoms with Crippen LogP contribution < -0.4 is 0 Å². The Labute approximate surface area is 255 Å². The average Bonchev–Trinajstić information content (AvgIpc) is 3.07. The predicted molar refractivity (Wildman–Crippen MR) is 188 cm³/mol. The molecular weight excluding hydrogens is 523 g/mol. The van der Waals surface area contributed by atoms with Crippen LogP contribution in [0.15, 0.2) is 91.0 Å². The normalized spacial score (nSPS) is 17.6. The second-order valence-corrected chi connectivity index (χ2v) is 18.7. The van der Waals surface area contributed by atoms with Crippen molar-refractivity contribution in [3.05, 3.63) is 119 Å². The van der Waals surface area contributed by atoms with Crippen molar-refractivity contribution < 1.29 is 0 Å². The molecule has 1 heteroatoms. The first kappa shape index (κ1) is 29.1. The van der Waals surface area contributed by atoms with E-state index in [1.54, 1.807) is 5.56 Å². The lowest BCUT2D eigenvalue weighted by molar-refractivity contribution is 0.566. The fourth-order valence-electron chi connectivity index (χ4n) is 6.87. The second kappa shape index (κ2) is 10.3. The monoisotopic (exact) mass is 570 g/mol. The van der Waals surface area contributed by atoms with Crippen LogP contribution in [0.4, 0.5) is 0 Å². The summed E-state index contributed by atoms with van der Waals surface area (Å²) >= 11 is 0. The van der Waals surface area contributed by atoms with Crippen LogP contribution in [0.1, 0.15) is 95.8 Å². The second-order valence-electron chi connectivity index (χ2n) is 15.5. The van der Waals surface area contributed by atoms with Gasteiger partial charge in [-0.25, -0.2) is 0 Å². The Morgan fingerprint density at radius 1 is 0.595 bits per heavy atom. The average molecular weight is 571 g/mol. The highest BCUT2D eigenvalue weighted by Gasteiger charge is 2.38. The lowest BCUT2D eigenvalue weighted by atomic mass is 9.79. The van der Waals surface area contributed by atoms with Crippen LogP contribution in [-0.2, 0) is 23.4 Å². The first-order chi connectivity index (χ1) is 19.7. The molecule has 0 aromatic heterocycles. The highest BCUT2D eigenvalue weighted by atomic mass is 31.1. The van der Waals surface area contributed by atoms with Crippen LogP contribution in [0.25, 0.3) is 32.7 Å². The van der Waals surface area contributed by atoms with Gasteiger partial charge in [-0.3, -0.25) is 0 Å². The van der Waals surface area contributed by atoms with Gasteiger partial charge in [-0.15, -0.1) is 0 Å². The molecule has 0 amide bonds. The van der Waals surface area contributed by atoms with E-state index < -0.39 is 0 Å². The third kappa shape index (κ3) is 5.33. The number of hydrogen-bond donors (Lipinski definition) is 0. The molecule has 2 atom stereocenters. The molecule has 42 heavy (non-hydrogen) atoms. The molecule has 0 radical (unpaired) electrons. The molecule has 1 aliphatic heterocycles. The Kier molecular flexibility index (Phi) is 7.18. The minimum absolute atomic E-state index is 0.109. The number of fused-ring (bicyclic) bond motifs is 7. The largest absolute Gasteiger partial charge is 0.0886 e. The molecule has 1 heterocycles. The van der Waals surface area contributed by atoms with Crippen LogP contribution in [0, 0.1) is 0 Å². The van der Waals surface area contributed by atoms with E-state index in [1.807, 2.05) is 0 Å². The molecule has 0 nitrogen and oxygen atoms in total. The highest BCUT2D eigenvalue weighted by molar-refractivity contribution is 7.58. The minimum Gasteiger partial charge on any atom is -0.0886 e. The van der Waals surface area contributed by atoms with E-state index >= 15 is 0 Å². The van der Waals surface area contributed by atoms with Crippen LogP contribution >= 0.6 is 7.92 Å². The molecule has 0 N–H and O–H groups in total. The lowest BCUT2D eigenvalue weighted by Gasteiger charge is -2.38. The van der Waals surface area contributed by atoms with Gasteiger partial charge < -0.3 is 0 Å². The van der Waals surface area contributed by atoms with E-state index in [-0.39, 0.29) is 23.9 Å². The summed E-state index contributed by atoms with van der Waals surface area (Å²) in [5, 5.41) is 5.66. The molecule has 5 aromatic carbocycles. The topological polar surface area (TPSA) is 0 Å². The molecule has 0 saturated heterocycles. The van der Waals surface area contributed by atoms with Crippen LogP contribution in [0.2, 0.25) is 0 Å². The number of rotatable bonds is 2. The molecule has 6 rings (SSSR count). The van der Waals surface area contributed by atoms with E-state index in [4.69, 9.17) is 0 Å². The summed E-state index contributed by atoms with van der Waals surface area (Å²) in [6.45, 7) is 21.6. The maximum Gasteiger partial charge on any atom is 0.00962 e. The smallest absolute Gasteiger partial charge is 0.00962 e. The summed E-state index contributed by atoms with van der Waals surface area (Å²) < 4.78 is 0. The van der Waals surface area contributed by atoms with Gasteiger partial charge in [-0.1, -0.05) is 161 Å². The maximum atomic E-state index is 2.53. The van der Waals surface area contributed by atoms with Crippen molar-refractivity contribution >= 4 is 29.5 Å². The van der Waals surface area contributed by atoms with E-state index in [0.29, 0.717) is 5.66 Å². The minimum atomic E-state index is -0.386. The van der Waals surface area contributed by atoms with Gasteiger partial charge in [-0.05, 0) is 89.1 Å². The summed E-state index contributed by atoms with van der Waals surface area (Å²) in [6, 6.07) is 35.3. The summed E-state index contributed by atoms with van der Waals surface area (Å²) in [6.07, 6.45) is 2.23. The zero-order chi connectivity index (χ0) is 30.0. The quantitative estimate of drug-likeness (QED) is 0.185. The molecular formula is C41H47P. The van der Waals surface area contributed by atoms with Gasteiger partial charge in [0.2, 0.25) is 0 Å². The molecule has 1 unspecified atom stereocenters. The lowest BCUT2D eigenvalue weighted by Crippen LogP contribution is -2.20. The summed E-state index contributed by atoms with van der Waals surface area (Å²) in [5.41, 5.74) is 11.1. The summed E-state index contributed by atoms with van der Waals surface area (Å²) in [5.74, 6) is 0. The van der Waals surface area contributed by atoms with Crippen molar-refractivity contribution in [2.24, 2.45) is 0 Å². The fourth-order valence-corrected chi connectivity index (χ4v) is 10.1. The Balaban J connectivity index is 1.65. The van der Waals surface area contributed by atoms with Crippen molar-refractivity contribution in [3.63, 3.8) is 0 Å². The van der Waals surface area contributed by atoms with Crippen LogP contribution in [0.3, 0.4) is 0 Å². The third-order valence-corrected chi connectivity index (χ3v) is 12.9. The first-order valence-electron chi connectivity index (χ1n) is 15.7. The van der Waals surface area contributed by atoms with Gasteiger partial charge in [0.25, 0.3) is 0 Å². The summed E-state index contributed by atoms with van der Waals surface area (Å²) in [4.78, 5) is 0. The van der Waals surface area contributed by atoms with Crippen LogP contribution in [0.5, 0.6) is 0 Å². The standard InChI is InChI=1S/C41H47P/c1-39(2,3)31-22-27(23-32(25-31)40(4,5)6)24-36-35-21-20-29-15-11-13-17-34(29)38(35)37-30(26-42(36)41(7,8)9)19-18-28-14-10-12-16-33(28)37/h10-23,25,36H,24,26H2,1-9H3/t36-,42?/m0/s1. The Morgan fingerprint density at radius 2 is 1.12 bits per heavy atom. The van der Waals surface area contributed by atoms with Crippen molar-refractivity contribution in [2.75, 3.05) is 0 Å². The van der Waals surface area contributed by atoms with E-state index in [2.05, 4.69) is 153 Å². The highest BCUT2D eigenvalue weighted by Crippen LogP contribution is 2.67. The number of benzene rings is 5. The fraction of sp³-hybridized carbons (Fsp3) is 0.366. The molecule has 0 spiro atoms. The Hall–Kier alpha value is -2.95. The molecule has 0 saturated carbocycles. The van der Waals surface area contributed by atoms with Gasteiger partial charge in [0.1, 0.15) is 0 Å². The summed E-state index contributed by atoms with van der Waals surface area (Å²) in [7, 11) is -0.386. The first-order valence-corrected chi connectivity index (χ1v) is 17.3. The number of hydrogen-bond acceptors (Lipinski definition) is 0. The van der Waals surface area contributed by atoms with E-state index in [9.17, 15) is 0 Å². The van der Waals surface area contributed by atoms with Crippen molar-refractivity contribution in [1.29, 1.82) is 0 Å². The third-order valence-electron chi connectivity index (χ3n) is 9.32. The molecule has 0 aliphatic carbocycles. The van der Waals surface area contributed by atoms with Crippen molar-refractivity contribution in [2.45, 2.75) is 96.5 Å². The predicted octanol–water partition coefficient (Wildman–Crippen LogP) is 12.3. The molecule has 5 aromatic rings. The molecule has 0 fully saturated rings. The molecule has 1 aliphatic rings. The molecule has 216 valence electrons. The van der Waals surface area contributed by atoms with Gasteiger partial charge in [0, 0.05) is 5.66 Å². The zero-order valence-corrected chi connectivity index (χ0v) is 28.0. The maximum absolute atomic E-state index is 2.53. The van der Waals surface area contributed by atoms with E-state index in [1.165, 1.54) is 54.9 Å². The van der Waals surface area contributed by atoms with Gasteiger partial charge in [-0.2, -0.15) is 0 Å². The zero-order valence-electron chi connectivity index (χ0n) is 27.1. The van der Waals surface area contributed by atoms with Gasteiger partial charge in [0.05, 0.1) is 0 Å².